The van der Waals surface area contributed by atoms with Crippen LogP contribution < -0.4 is 5.73 Å². The highest BCUT2D eigenvalue weighted by atomic mass is 16.2. The Kier molecular flexibility index (Phi) is 2.95. The molecule has 1 aliphatic heterocycles. The summed E-state index contributed by atoms with van der Waals surface area (Å²) in [4.78, 5) is 24.1. The van der Waals surface area contributed by atoms with Gasteiger partial charge in [-0.05, 0) is 12.5 Å². The average molecular weight is 234 g/mol. The fraction of sp³-hybridized carbons (Fsp3) is 0.364. The van der Waals surface area contributed by atoms with Crippen LogP contribution in [0.1, 0.15) is 22.8 Å². The van der Waals surface area contributed by atoms with Crippen LogP contribution in [0.15, 0.2) is 25.0 Å². The molecule has 17 heavy (non-hydrogen) atoms. The number of amides is 2. The Balaban J connectivity index is 2.07. The third-order valence-electron chi connectivity index (χ3n) is 2.91. The molecule has 0 unspecified atom stereocenters. The van der Waals surface area contributed by atoms with Gasteiger partial charge in [-0.1, -0.05) is 6.58 Å². The van der Waals surface area contributed by atoms with Crippen LogP contribution in [0.3, 0.4) is 0 Å². The van der Waals surface area contributed by atoms with Crippen molar-refractivity contribution < 1.29 is 9.59 Å². The summed E-state index contributed by atoms with van der Waals surface area (Å²) in [6.07, 6.45) is 5.19. The van der Waals surface area contributed by atoms with Gasteiger partial charge in [-0.3, -0.25) is 14.3 Å². The molecule has 0 radical (unpaired) electrons. The molecule has 1 saturated heterocycles. The van der Waals surface area contributed by atoms with Gasteiger partial charge in [0.15, 0.2) is 0 Å². The minimum absolute atomic E-state index is 0.0743. The van der Waals surface area contributed by atoms with Crippen molar-refractivity contribution in [2.75, 3.05) is 13.1 Å². The van der Waals surface area contributed by atoms with E-state index in [0.29, 0.717) is 18.7 Å². The lowest BCUT2D eigenvalue weighted by molar-refractivity contribution is -0.125. The Bertz CT molecular complexity index is 466. The molecule has 6 heteroatoms. The lowest BCUT2D eigenvalue weighted by Gasteiger charge is -2.14. The van der Waals surface area contributed by atoms with Gasteiger partial charge in [0.05, 0.1) is 17.8 Å². The Hall–Kier alpha value is -2.11. The maximum absolute atomic E-state index is 11.4. The highest BCUT2D eigenvalue weighted by Crippen LogP contribution is 2.21. The zero-order valence-corrected chi connectivity index (χ0v) is 9.37. The van der Waals surface area contributed by atoms with E-state index in [-0.39, 0.29) is 11.9 Å². The summed E-state index contributed by atoms with van der Waals surface area (Å²) in [6, 6.07) is 0.104. The zero-order valence-electron chi connectivity index (χ0n) is 9.37. The highest BCUT2D eigenvalue weighted by Gasteiger charge is 2.26. The summed E-state index contributed by atoms with van der Waals surface area (Å²) in [5.41, 5.74) is 5.54. The molecule has 2 amide bonds. The summed E-state index contributed by atoms with van der Waals surface area (Å²) in [7, 11) is 0. The van der Waals surface area contributed by atoms with E-state index in [2.05, 4.69) is 11.7 Å². The second-order valence-corrected chi connectivity index (χ2v) is 4.00. The Labute approximate surface area is 98.7 Å². The largest absolute Gasteiger partial charge is 0.366 e. The van der Waals surface area contributed by atoms with Crippen molar-refractivity contribution >= 4 is 11.8 Å². The topological polar surface area (TPSA) is 81.2 Å². The first-order valence-electron chi connectivity index (χ1n) is 5.37. The molecular weight excluding hydrogens is 220 g/mol. The third-order valence-corrected chi connectivity index (χ3v) is 2.91. The number of carbonyl (C=O) groups excluding carboxylic acids is 2. The van der Waals surface area contributed by atoms with Gasteiger partial charge in [-0.15, -0.1) is 0 Å². The number of nitrogens with two attached hydrogens (primary N) is 1. The molecule has 2 rings (SSSR count). The van der Waals surface area contributed by atoms with Crippen LogP contribution in [-0.2, 0) is 4.79 Å². The molecular formula is C11H14N4O2. The Morgan fingerprint density at radius 2 is 2.35 bits per heavy atom. The first-order valence-corrected chi connectivity index (χ1v) is 5.37. The van der Waals surface area contributed by atoms with Crippen LogP contribution >= 0.6 is 0 Å². The maximum atomic E-state index is 11.4. The van der Waals surface area contributed by atoms with Crippen molar-refractivity contribution in [1.82, 2.24) is 14.7 Å². The normalized spacial score (nSPS) is 19.3. The van der Waals surface area contributed by atoms with Crippen molar-refractivity contribution in [3.8, 4) is 0 Å². The van der Waals surface area contributed by atoms with E-state index in [1.54, 1.807) is 15.8 Å². The molecule has 2 heterocycles. The lowest BCUT2D eigenvalue weighted by atomic mass is 10.3. The molecule has 1 aromatic rings. The van der Waals surface area contributed by atoms with E-state index in [1.165, 1.54) is 12.3 Å². The van der Waals surface area contributed by atoms with Crippen molar-refractivity contribution in [2.24, 2.45) is 5.73 Å². The first-order chi connectivity index (χ1) is 8.11. The van der Waals surface area contributed by atoms with Gasteiger partial charge in [0.2, 0.25) is 5.91 Å². The van der Waals surface area contributed by atoms with Crippen LogP contribution in [0.5, 0.6) is 0 Å². The van der Waals surface area contributed by atoms with Gasteiger partial charge in [0, 0.05) is 19.3 Å². The lowest BCUT2D eigenvalue weighted by Crippen LogP contribution is -2.27. The predicted molar refractivity (Wildman–Crippen MR) is 61.2 cm³/mol. The first kappa shape index (κ1) is 11.4. The number of hydrogen-bond donors (Lipinski definition) is 1. The zero-order chi connectivity index (χ0) is 12.4. The monoisotopic (exact) mass is 234 g/mol. The summed E-state index contributed by atoms with van der Waals surface area (Å²) >= 11 is 0. The van der Waals surface area contributed by atoms with E-state index < -0.39 is 5.91 Å². The summed E-state index contributed by atoms with van der Waals surface area (Å²) in [6.45, 7) is 4.73. The number of rotatable bonds is 3. The number of aromatic nitrogens is 2. The van der Waals surface area contributed by atoms with E-state index in [0.717, 1.165) is 6.42 Å². The van der Waals surface area contributed by atoms with Crippen LogP contribution in [0.25, 0.3) is 0 Å². The predicted octanol–water partition coefficient (Wildman–Crippen LogP) is -0.0586. The van der Waals surface area contributed by atoms with Gasteiger partial charge < -0.3 is 10.6 Å². The number of nitrogens with zero attached hydrogens (tertiary/aromatic N) is 3. The van der Waals surface area contributed by atoms with Gasteiger partial charge in [-0.2, -0.15) is 5.10 Å². The van der Waals surface area contributed by atoms with Crippen LogP contribution in [-0.4, -0.2) is 39.6 Å². The molecule has 1 atom stereocenters. The number of hydrogen-bond acceptors (Lipinski definition) is 3. The molecule has 1 fully saturated rings. The molecule has 2 N–H and O–H groups in total. The average Bonchev–Trinajstić information content (AvgIpc) is 2.95. The Morgan fingerprint density at radius 3 is 2.94 bits per heavy atom. The molecule has 1 aromatic heterocycles. The maximum Gasteiger partial charge on any atom is 0.251 e. The number of primary amides is 1. The van der Waals surface area contributed by atoms with Crippen LogP contribution in [0.2, 0.25) is 0 Å². The molecule has 0 spiro atoms. The fourth-order valence-electron chi connectivity index (χ4n) is 1.95. The van der Waals surface area contributed by atoms with E-state index in [4.69, 9.17) is 5.73 Å². The van der Waals surface area contributed by atoms with Crippen molar-refractivity contribution in [3.63, 3.8) is 0 Å². The van der Waals surface area contributed by atoms with Crippen LogP contribution in [0.4, 0.5) is 0 Å². The van der Waals surface area contributed by atoms with Crippen LogP contribution in [0, 0.1) is 0 Å². The second kappa shape index (κ2) is 4.40. The standard InChI is InChI=1S/C11H14N4O2/c1-2-10(16)14-4-3-9(7-14)15-6-8(5-13-15)11(12)17/h2,5-6,9H,1,3-4,7H2,(H2,12,17)/t9-/m0/s1. The number of carbonyl (C=O) groups is 2. The molecule has 90 valence electrons. The molecule has 0 bridgehead atoms. The van der Waals surface area contributed by atoms with Gasteiger partial charge in [0.1, 0.15) is 0 Å². The molecule has 0 aromatic carbocycles. The minimum Gasteiger partial charge on any atom is -0.366 e. The third kappa shape index (κ3) is 2.20. The van der Waals surface area contributed by atoms with Crippen molar-refractivity contribution in [2.45, 2.75) is 12.5 Å². The SMILES string of the molecule is C=CC(=O)N1CC[C@H](n2cc(C(N)=O)cn2)C1. The van der Waals surface area contributed by atoms with Gasteiger partial charge >= 0.3 is 0 Å². The van der Waals surface area contributed by atoms with E-state index in [9.17, 15) is 9.59 Å². The minimum atomic E-state index is -0.492. The van der Waals surface area contributed by atoms with Gasteiger partial charge in [0.25, 0.3) is 5.91 Å². The van der Waals surface area contributed by atoms with Gasteiger partial charge in [-0.25, -0.2) is 0 Å². The summed E-state index contributed by atoms with van der Waals surface area (Å²) in [5.74, 6) is -0.567. The Morgan fingerprint density at radius 1 is 1.59 bits per heavy atom. The quantitative estimate of drug-likeness (QED) is 0.744. The van der Waals surface area contributed by atoms with Crippen molar-refractivity contribution in [1.29, 1.82) is 0 Å². The molecule has 6 nitrogen and oxygen atoms in total. The molecule has 1 aliphatic rings. The second-order valence-electron chi connectivity index (χ2n) is 4.00. The molecule has 0 aliphatic carbocycles. The number of likely N-dealkylation sites (tertiary alicyclic amines) is 1. The smallest absolute Gasteiger partial charge is 0.251 e. The molecule has 0 saturated carbocycles. The fourth-order valence-corrected chi connectivity index (χ4v) is 1.95. The highest BCUT2D eigenvalue weighted by molar-refractivity contribution is 5.92. The summed E-state index contributed by atoms with van der Waals surface area (Å²) in [5, 5.41) is 4.09. The van der Waals surface area contributed by atoms with E-state index in [1.807, 2.05) is 0 Å². The summed E-state index contributed by atoms with van der Waals surface area (Å²) < 4.78 is 1.69. The van der Waals surface area contributed by atoms with E-state index >= 15 is 0 Å². The van der Waals surface area contributed by atoms with Crippen molar-refractivity contribution in [3.05, 3.63) is 30.6 Å².